The molecule has 0 unspecified atom stereocenters. The molecule has 6 heteroatoms. The molecular formula is C11H7ClN2O3. The van der Waals surface area contributed by atoms with Crippen molar-refractivity contribution in [2.45, 2.75) is 6.42 Å². The Balaban J connectivity index is 2.03. The van der Waals surface area contributed by atoms with Crippen LogP contribution in [0.2, 0.25) is 5.02 Å². The summed E-state index contributed by atoms with van der Waals surface area (Å²) in [6.45, 7) is 0. The molecule has 0 aliphatic heterocycles. The minimum Gasteiger partial charge on any atom is -0.464 e. The molecule has 3 rings (SSSR count). The third-order valence-corrected chi connectivity index (χ3v) is 2.68. The van der Waals surface area contributed by atoms with Gasteiger partial charge in [-0.05, 0) is 18.2 Å². The number of nitrogens with zero attached hydrogens (tertiary/aromatic N) is 1. The molecule has 0 saturated carbocycles. The van der Waals surface area contributed by atoms with E-state index in [0.29, 0.717) is 22.9 Å². The zero-order chi connectivity index (χ0) is 11.8. The Morgan fingerprint density at radius 2 is 2.29 bits per heavy atom. The first-order valence-corrected chi connectivity index (χ1v) is 5.30. The van der Waals surface area contributed by atoms with E-state index in [1.807, 2.05) is 6.07 Å². The normalized spacial score (nSPS) is 11.1. The van der Waals surface area contributed by atoms with Crippen molar-refractivity contribution in [2.24, 2.45) is 0 Å². The zero-order valence-electron chi connectivity index (χ0n) is 8.57. The highest BCUT2D eigenvalue weighted by Crippen LogP contribution is 2.25. The molecule has 1 N–H and O–H groups in total. The molecule has 5 nitrogen and oxygen atoms in total. The van der Waals surface area contributed by atoms with E-state index >= 15 is 0 Å². The third kappa shape index (κ3) is 1.85. The molecule has 0 amide bonds. The number of aromatic amines is 1. The molecule has 0 aliphatic rings. The monoisotopic (exact) mass is 250 g/mol. The van der Waals surface area contributed by atoms with Crippen LogP contribution in [-0.4, -0.2) is 10.2 Å². The van der Waals surface area contributed by atoms with E-state index in [1.54, 1.807) is 18.4 Å². The maximum absolute atomic E-state index is 10.8. The summed E-state index contributed by atoms with van der Waals surface area (Å²) in [5.41, 5.74) is 1.59. The number of fused-ring (bicyclic) bond motifs is 1. The summed E-state index contributed by atoms with van der Waals surface area (Å²) in [6, 6.07) is 5.38. The third-order valence-electron chi connectivity index (χ3n) is 2.44. The van der Waals surface area contributed by atoms with Crippen molar-refractivity contribution in [3.05, 3.63) is 51.5 Å². The van der Waals surface area contributed by atoms with E-state index in [-0.39, 0.29) is 0 Å². The Hall–Kier alpha value is -2.01. The Morgan fingerprint density at radius 3 is 3.06 bits per heavy atom. The van der Waals surface area contributed by atoms with Crippen LogP contribution in [0.15, 0.2) is 38.1 Å². The van der Waals surface area contributed by atoms with Gasteiger partial charge in [-0.2, -0.15) is 0 Å². The number of benzene rings is 1. The molecule has 86 valence electrons. The number of furan rings is 1. The van der Waals surface area contributed by atoms with Crippen LogP contribution in [0.1, 0.15) is 11.5 Å². The maximum Gasteiger partial charge on any atom is 0.434 e. The number of nitrogens with one attached hydrogen (secondary N) is 1. The molecule has 2 aromatic heterocycles. The molecule has 0 spiro atoms. The van der Waals surface area contributed by atoms with Crippen molar-refractivity contribution in [3.63, 3.8) is 0 Å². The van der Waals surface area contributed by atoms with E-state index < -0.39 is 5.76 Å². The molecule has 0 aliphatic carbocycles. The fraction of sp³-hybridized carbons (Fsp3) is 0.0909. The van der Waals surface area contributed by atoms with Crippen LogP contribution in [0.25, 0.3) is 11.0 Å². The summed E-state index contributed by atoms with van der Waals surface area (Å²) in [4.78, 5) is 10.8. The highest BCUT2D eigenvalue weighted by Gasteiger charge is 2.10. The highest BCUT2D eigenvalue weighted by atomic mass is 35.5. The van der Waals surface area contributed by atoms with E-state index in [2.05, 4.69) is 10.2 Å². The van der Waals surface area contributed by atoms with Crippen LogP contribution in [-0.2, 0) is 6.42 Å². The summed E-state index contributed by atoms with van der Waals surface area (Å²) in [6.07, 6.45) is 2.00. The average Bonchev–Trinajstić information content (AvgIpc) is 2.86. The van der Waals surface area contributed by atoms with Gasteiger partial charge >= 0.3 is 5.76 Å². The Kier molecular flexibility index (Phi) is 2.26. The molecule has 3 aromatic rings. The smallest absolute Gasteiger partial charge is 0.434 e. The summed E-state index contributed by atoms with van der Waals surface area (Å²) >= 11 is 5.85. The van der Waals surface area contributed by atoms with Crippen LogP contribution in [0, 0.1) is 0 Å². The Morgan fingerprint density at radius 1 is 1.41 bits per heavy atom. The fourth-order valence-corrected chi connectivity index (χ4v) is 1.86. The SMILES string of the molecule is O=c1[nH]nc(Cc2coc3cc(Cl)ccc23)o1. The number of hydrogen-bond donors (Lipinski definition) is 1. The largest absolute Gasteiger partial charge is 0.464 e. The van der Waals surface area contributed by atoms with Crippen molar-refractivity contribution in [1.29, 1.82) is 0 Å². The van der Waals surface area contributed by atoms with Gasteiger partial charge < -0.3 is 8.83 Å². The van der Waals surface area contributed by atoms with E-state index in [1.165, 1.54) is 0 Å². The van der Waals surface area contributed by atoms with Gasteiger partial charge in [0.2, 0.25) is 5.89 Å². The van der Waals surface area contributed by atoms with Gasteiger partial charge in [0, 0.05) is 16.0 Å². The molecule has 17 heavy (non-hydrogen) atoms. The van der Waals surface area contributed by atoms with Crippen LogP contribution in [0.3, 0.4) is 0 Å². The minimum atomic E-state index is -0.559. The predicted octanol–water partition coefficient (Wildman–Crippen LogP) is 2.35. The number of hydrogen-bond acceptors (Lipinski definition) is 4. The van der Waals surface area contributed by atoms with Gasteiger partial charge in [-0.15, -0.1) is 5.10 Å². The fourth-order valence-electron chi connectivity index (χ4n) is 1.69. The topological polar surface area (TPSA) is 72.0 Å². The summed E-state index contributed by atoms with van der Waals surface area (Å²) < 4.78 is 10.2. The number of H-pyrrole nitrogens is 1. The molecule has 0 bridgehead atoms. The molecule has 0 atom stereocenters. The van der Waals surface area contributed by atoms with E-state index in [4.69, 9.17) is 20.4 Å². The van der Waals surface area contributed by atoms with Gasteiger partial charge in [-0.3, -0.25) is 0 Å². The summed E-state index contributed by atoms with van der Waals surface area (Å²) in [5, 5.41) is 7.50. The molecule has 0 saturated heterocycles. The highest BCUT2D eigenvalue weighted by molar-refractivity contribution is 6.31. The van der Waals surface area contributed by atoms with Gasteiger partial charge in [-0.25, -0.2) is 9.89 Å². The van der Waals surface area contributed by atoms with Crippen molar-refractivity contribution >= 4 is 22.6 Å². The Labute approximate surface area is 100.0 Å². The van der Waals surface area contributed by atoms with Crippen LogP contribution >= 0.6 is 11.6 Å². The lowest BCUT2D eigenvalue weighted by atomic mass is 10.1. The van der Waals surface area contributed by atoms with Crippen LogP contribution < -0.4 is 5.76 Å². The molecule has 2 heterocycles. The van der Waals surface area contributed by atoms with Gasteiger partial charge in [0.05, 0.1) is 12.7 Å². The standard InChI is InChI=1S/C11H7ClN2O3/c12-7-1-2-8-6(5-16-9(8)4-7)3-10-13-14-11(15)17-10/h1-2,4-5H,3H2,(H,14,15). The first kappa shape index (κ1) is 10.2. The quantitative estimate of drug-likeness (QED) is 0.758. The van der Waals surface area contributed by atoms with E-state index in [0.717, 1.165) is 10.9 Å². The van der Waals surface area contributed by atoms with Crippen molar-refractivity contribution in [3.8, 4) is 0 Å². The molecule has 1 aromatic carbocycles. The van der Waals surface area contributed by atoms with Gasteiger partial charge in [0.25, 0.3) is 0 Å². The first-order chi connectivity index (χ1) is 8.22. The van der Waals surface area contributed by atoms with Crippen molar-refractivity contribution in [1.82, 2.24) is 10.2 Å². The molecule has 0 radical (unpaired) electrons. The summed E-state index contributed by atoms with van der Waals surface area (Å²) in [5.74, 6) is -0.233. The lowest BCUT2D eigenvalue weighted by molar-refractivity contribution is 0.471. The lowest BCUT2D eigenvalue weighted by Gasteiger charge is -1.93. The Bertz CT molecular complexity index is 725. The second-order valence-corrected chi connectivity index (χ2v) is 4.02. The van der Waals surface area contributed by atoms with Gasteiger partial charge in [-0.1, -0.05) is 11.6 Å². The zero-order valence-corrected chi connectivity index (χ0v) is 9.32. The molecular weight excluding hydrogens is 244 g/mol. The first-order valence-electron chi connectivity index (χ1n) is 4.92. The second-order valence-electron chi connectivity index (χ2n) is 3.59. The number of halogens is 1. The lowest BCUT2D eigenvalue weighted by Crippen LogP contribution is -1.93. The van der Waals surface area contributed by atoms with Crippen LogP contribution in [0.4, 0.5) is 0 Å². The predicted molar refractivity (Wildman–Crippen MR) is 61.2 cm³/mol. The molecule has 0 fully saturated rings. The number of rotatable bonds is 2. The van der Waals surface area contributed by atoms with Crippen molar-refractivity contribution < 1.29 is 8.83 Å². The summed E-state index contributed by atoms with van der Waals surface area (Å²) in [7, 11) is 0. The minimum absolute atomic E-state index is 0.327. The van der Waals surface area contributed by atoms with Gasteiger partial charge in [0.15, 0.2) is 0 Å². The second kappa shape index (κ2) is 3.78. The van der Waals surface area contributed by atoms with Crippen molar-refractivity contribution in [2.75, 3.05) is 0 Å². The average molecular weight is 251 g/mol. The van der Waals surface area contributed by atoms with Gasteiger partial charge in [0.1, 0.15) is 5.58 Å². The maximum atomic E-state index is 10.8. The number of aromatic nitrogens is 2. The van der Waals surface area contributed by atoms with Crippen LogP contribution in [0.5, 0.6) is 0 Å². The van der Waals surface area contributed by atoms with E-state index in [9.17, 15) is 4.79 Å².